The van der Waals surface area contributed by atoms with Gasteiger partial charge in [-0.05, 0) is 44.2 Å². The van der Waals surface area contributed by atoms with Gasteiger partial charge in [0.05, 0.1) is 6.20 Å². The molecule has 2 unspecified atom stereocenters. The number of benzene rings is 1. The van der Waals surface area contributed by atoms with E-state index in [1.807, 2.05) is 17.9 Å². The summed E-state index contributed by atoms with van der Waals surface area (Å²) in [6.45, 7) is 8.24. The highest BCUT2D eigenvalue weighted by Gasteiger charge is 2.25. The molecule has 1 aromatic carbocycles. The fourth-order valence-electron chi connectivity index (χ4n) is 3.82. The van der Waals surface area contributed by atoms with Crippen molar-refractivity contribution in [2.45, 2.75) is 51.7 Å². The van der Waals surface area contributed by atoms with Crippen molar-refractivity contribution in [3.8, 4) is 0 Å². The highest BCUT2D eigenvalue weighted by Crippen LogP contribution is 2.19. The summed E-state index contributed by atoms with van der Waals surface area (Å²) < 4.78 is 1.84. The summed E-state index contributed by atoms with van der Waals surface area (Å²) >= 11 is 0. The van der Waals surface area contributed by atoms with E-state index in [0.717, 1.165) is 51.4 Å². The van der Waals surface area contributed by atoms with Crippen LogP contribution in [0.1, 0.15) is 37.8 Å². The van der Waals surface area contributed by atoms with Gasteiger partial charge in [-0.25, -0.2) is 0 Å². The van der Waals surface area contributed by atoms with Gasteiger partial charge in [0.1, 0.15) is 0 Å². The van der Waals surface area contributed by atoms with Crippen LogP contribution >= 0.6 is 24.0 Å². The molecule has 0 bridgehead atoms. The van der Waals surface area contributed by atoms with Crippen LogP contribution in [0.4, 0.5) is 0 Å². The second-order valence-corrected chi connectivity index (χ2v) is 7.70. The molecule has 1 aliphatic rings. The fraction of sp³-hybridized carbons (Fsp3) is 0.545. The Morgan fingerprint density at radius 1 is 1.24 bits per heavy atom. The zero-order chi connectivity index (χ0) is 19.8. The Hall–Kier alpha value is -1.61. The Morgan fingerprint density at radius 3 is 2.69 bits per heavy atom. The Kier molecular flexibility index (Phi) is 9.93. The van der Waals surface area contributed by atoms with Crippen LogP contribution in [0.2, 0.25) is 0 Å². The van der Waals surface area contributed by atoms with Gasteiger partial charge in [-0.1, -0.05) is 30.3 Å². The predicted octanol–water partition coefficient (Wildman–Crippen LogP) is 3.19. The number of halogens is 1. The Morgan fingerprint density at radius 2 is 2.03 bits per heavy atom. The number of nitrogens with zero attached hydrogens (tertiary/aromatic N) is 4. The van der Waals surface area contributed by atoms with Crippen LogP contribution in [0.5, 0.6) is 0 Å². The van der Waals surface area contributed by atoms with E-state index in [0.29, 0.717) is 12.1 Å². The number of likely N-dealkylation sites (tertiary alicyclic amines) is 1. The molecule has 1 saturated heterocycles. The van der Waals surface area contributed by atoms with E-state index in [1.54, 1.807) is 0 Å². The second kappa shape index (κ2) is 12.2. The molecule has 0 aliphatic carbocycles. The van der Waals surface area contributed by atoms with Crippen molar-refractivity contribution in [3.05, 3.63) is 53.9 Å². The van der Waals surface area contributed by atoms with Crippen LogP contribution in [-0.2, 0) is 20.0 Å². The third kappa shape index (κ3) is 7.62. The van der Waals surface area contributed by atoms with Crippen LogP contribution < -0.4 is 10.6 Å². The maximum absolute atomic E-state index is 4.77. The van der Waals surface area contributed by atoms with Gasteiger partial charge in [-0.15, -0.1) is 24.0 Å². The molecule has 1 aromatic heterocycles. The summed E-state index contributed by atoms with van der Waals surface area (Å²) in [4.78, 5) is 7.35. The van der Waals surface area contributed by atoms with Crippen molar-refractivity contribution in [3.63, 3.8) is 0 Å². The molecule has 2 heterocycles. The summed E-state index contributed by atoms with van der Waals surface area (Å²) in [5.41, 5.74) is 2.62. The summed E-state index contributed by atoms with van der Waals surface area (Å²) in [5.74, 6) is 0.931. The van der Waals surface area contributed by atoms with Gasteiger partial charge in [0.2, 0.25) is 0 Å². The average molecular weight is 510 g/mol. The third-order valence-corrected chi connectivity index (χ3v) is 5.36. The number of hydrogen-bond acceptors (Lipinski definition) is 3. The molecule has 160 valence electrons. The standard InChI is InChI=1S/C22H34N6.HI/c1-4-23-22(24-12-10-20-15-25-27(3)16-20)26-21-11-13-28(18(2)14-21)17-19-8-6-5-7-9-19;/h5-9,15-16,18,21H,4,10-14,17H2,1-3H3,(H2,23,24,26);1H. The number of guanidine groups is 1. The molecule has 1 aliphatic heterocycles. The van der Waals surface area contributed by atoms with Gasteiger partial charge in [0, 0.05) is 51.5 Å². The number of aryl methyl sites for hydroxylation is 1. The Bertz CT molecular complexity index is 745. The maximum atomic E-state index is 4.77. The summed E-state index contributed by atoms with van der Waals surface area (Å²) in [5, 5.41) is 11.3. The topological polar surface area (TPSA) is 57.5 Å². The van der Waals surface area contributed by atoms with E-state index >= 15 is 0 Å². The van der Waals surface area contributed by atoms with Gasteiger partial charge in [-0.2, -0.15) is 5.10 Å². The van der Waals surface area contributed by atoms with Gasteiger partial charge >= 0.3 is 0 Å². The fourth-order valence-corrected chi connectivity index (χ4v) is 3.82. The molecule has 2 aromatic rings. The number of nitrogens with one attached hydrogen (secondary N) is 2. The lowest BCUT2D eigenvalue weighted by Crippen LogP contribution is -2.51. The van der Waals surface area contributed by atoms with Crippen LogP contribution in [-0.4, -0.2) is 52.4 Å². The molecule has 0 radical (unpaired) electrons. The molecule has 0 spiro atoms. The summed E-state index contributed by atoms with van der Waals surface area (Å²) in [7, 11) is 1.95. The molecule has 29 heavy (non-hydrogen) atoms. The molecule has 0 saturated carbocycles. The van der Waals surface area contributed by atoms with E-state index in [9.17, 15) is 0 Å². The summed E-state index contributed by atoms with van der Waals surface area (Å²) in [6, 6.07) is 11.8. The van der Waals surface area contributed by atoms with Crippen LogP contribution in [0, 0.1) is 0 Å². The van der Waals surface area contributed by atoms with E-state index < -0.39 is 0 Å². The number of aliphatic imine (C=N–C) groups is 1. The normalized spacial score (nSPS) is 20.2. The van der Waals surface area contributed by atoms with E-state index in [2.05, 4.69) is 71.0 Å². The van der Waals surface area contributed by atoms with Gasteiger partial charge in [0.15, 0.2) is 5.96 Å². The van der Waals surface area contributed by atoms with Crippen LogP contribution in [0.25, 0.3) is 0 Å². The average Bonchev–Trinajstić information content (AvgIpc) is 3.10. The molecule has 0 amide bonds. The van der Waals surface area contributed by atoms with Crippen molar-refractivity contribution >= 4 is 29.9 Å². The molecule has 7 heteroatoms. The first kappa shape index (κ1) is 23.7. The minimum absolute atomic E-state index is 0. The molecule has 6 nitrogen and oxygen atoms in total. The predicted molar refractivity (Wildman–Crippen MR) is 131 cm³/mol. The quantitative estimate of drug-likeness (QED) is 0.342. The second-order valence-electron chi connectivity index (χ2n) is 7.70. The summed E-state index contributed by atoms with van der Waals surface area (Å²) in [6.07, 6.45) is 7.17. The third-order valence-electron chi connectivity index (χ3n) is 5.36. The van der Waals surface area contributed by atoms with Crippen molar-refractivity contribution in [2.24, 2.45) is 12.0 Å². The molecule has 3 rings (SSSR count). The molecule has 1 fully saturated rings. The Labute approximate surface area is 192 Å². The smallest absolute Gasteiger partial charge is 0.191 e. The van der Waals surface area contributed by atoms with Crippen molar-refractivity contribution in [2.75, 3.05) is 19.6 Å². The van der Waals surface area contributed by atoms with Gasteiger partial charge in [0.25, 0.3) is 0 Å². The largest absolute Gasteiger partial charge is 0.357 e. The first-order valence-electron chi connectivity index (χ1n) is 10.4. The van der Waals surface area contributed by atoms with E-state index in [1.165, 1.54) is 11.1 Å². The lowest BCUT2D eigenvalue weighted by atomic mass is 9.97. The lowest BCUT2D eigenvalue weighted by Gasteiger charge is -2.38. The van der Waals surface area contributed by atoms with Crippen molar-refractivity contribution in [1.82, 2.24) is 25.3 Å². The van der Waals surface area contributed by atoms with Gasteiger partial charge in [-0.3, -0.25) is 14.6 Å². The Balaban J connectivity index is 0.00000300. The van der Waals surface area contributed by atoms with Crippen molar-refractivity contribution in [1.29, 1.82) is 0 Å². The molecule has 2 N–H and O–H groups in total. The van der Waals surface area contributed by atoms with Gasteiger partial charge < -0.3 is 10.6 Å². The minimum Gasteiger partial charge on any atom is -0.357 e. The monoisotopic (exact) mass is 510 g/mol. The molecular formula is C22H35IN6. The first-order valence-corrected chi connectivity index (χ1v) is 10.4. The highest BCUT2D eigenvalue weighted by atomic mass is 127. The van der Waals surface area contributed by atoms with Crippen LogP contribution in [0.3, 0.4) is 0 Å². The molecular weight excluding hydrogens is 475 g/mol. The zero-order valence-corrected chi connectivity index (χ0v) is 20.2. The number of piperidine rings is 1. The minimum atomic E-state index is 0. The van der Waals surface area contributed by atoms with Crippen molar-refractivity contribution < 1.29 is 0 Å². The number of hydrogen-bond donors (Lipinski definition) is 2. The highest BCUT2D eigenvalue weighted by molar-refractivity contribution is 14.0. The first-order chi connectivity index (χ1) is 13.6. The number of aromatic nitrogens is 2. The SMILES string of the molecule is CCNC(=NCCc1cnn(C)c1)NC1CCN(Cc2ccccc2)C(C)C1.I. The zero-order valence-electron chi connectivity index (χ0n) is 17.8. The van der Waals surface area contributed by atoms with E-state index in [-0.39, 0.29) is 24.0 Å². The van der Waals surface area contributed by atoms with E-state index in [4.69, 9.17) is 4.99 Å². The van der Waals surface area contributed by atoms with Crippen LogP contribution in [0.15, 0.2) is 47.7 Å². The number of rotatable bonds is 7. The maximum Gasteiger partial charge on any atom is 0.191 e. The molecule has 2 atom stereocenters. The lowest BCUT2D eigenvalue weighted by molar-refractivity contribution is 0.134.